The first-order valence-electron chi connectivity index (χ1n) is 10.0. The fraction of sp³-hybridized carbons (Fsp3) is 0.304. The lowest BCUT2D eigenvalue weighted by molar-refractivity contribution is 0.0474. The highest BCUT2D eigenvalue weighted by molar-refractivity contribution is 6.22. The van der Waals surface area contributed by atoms with Crippen LogP contribution < -0.4 is 5.73 Å². The second-order valence-corrected chi connectivity index (χ2v) is 7.66. The number of amides is 2. The number of imide groups is 1. The lowest BCUT2D eigenvalue weighted by atomic mass is 9.94. The molecule has 0 bridgehead atoms. The van der Waals surface area contributed by atoms with Crippen molar-refractivity contribution < 1.29 is 23.9 Å². The molecule has 7 heteroatoms. The molecule has 2 aromatic rings. The van der Waals surface area contributed by atoms with Gasteiger partial charge in [0.2, 0.25) is 0 Å². The molecule has 0 spiro atoms. The molecule has 1 aliphatic carbocycles. The van der Waals surface area contributed by atoms with Crippen LogP contribution in [0.3, 0.4) is 0 Å². The van der Waals surface area contributed by atoms with Crippen LogP contribution in [0.1, 0.15) is 73.5 Å². The van der Waals surface area contributed by atoms with Gasteiger partial charge in [-0.05, 0) is 43.2 Å². The Bertz CT molecular complexity index is 1040. The Kier molecular flexibility index (Phi) is 5.35. The number of benzene rings is 2. The monoisotopic (exact) mass is 406 g/mol. The Hall–Kier alpha value is -3.48. The van der Waals surface area contributed by atoms with E-state index in [0.29, 0.717) is 16.8 Å². The number of ether oxygens (including phenoxy) is 1. The molecule has 2 aromatic carbocycles. The van der Waals surface area contributed by atoms with Crippen LogP contribution in [0.5, 0.6) is 0 Å². The number of anilines is 1. The van der Waals surface area contributed by atoms with E-state index in [1.54, 1.807) is 18.2 Å². The summed E-state index contributed by atoms with van der Waals surface area (Å²) in [5.74, 6) is -1.79. The van der Waals surface area contributed by atoms with Crippen LogP contribution in [-0.4, -0.2) is 41.1 Å². The quantitative estimate of drug-likeness (QED) is 0.354. The fourth-order valence-electron chi connectivity index (χ4n) is 4.07. The molecule has 0 unspecified atom stereocenters. The maximum Gasteiger partial charge on any atom is 0.338 e. The van der Waals surface area contributed by atoms with Gasteiger partial charge in [0.05, 0.1) is 16.7 Å². The molecule has 1 fully saturated rings. The van der Waals surface area contributed by atoms with Gasteiger partial charge in [-0.2, -0.15) is 0 Å². The van der Waals surface area contributed by atoms with E-state index in [9.17, 15) is 19.2 Å². The van der Waals surface area contributed by atoms with Gasteiger partial charge >= 0.3 is 5.97 Å². The second kappa shape index (κ2) is 8.10. The van der Waals surface area contributed by atoms with Crippen LogP contribution >= 0.6 is 0 Å². The molecule has 0 aromatic heterocycles. The molecular formula is C23H22N2O5. The van der Waals surface area contributed by atoms with Crippen LogP contribution in [-0.2, 0) is 4.74 Å². The maximum absolute atomic E-state index is 12.9. The third-order valence-electron chi connectivity index (χ3n) is 5.64. The summed E-state index contributed by atoms with van der Waals surface area (Å²) in [5, 5.41) is 0. The lowest BCUT2D eigenvalue weighted by Gasteiger charge is -2.29. The highest BCUT2D eigenvalue weighted by Gasteiger charge is 2.40. The van der Waals surface area contributed by atoms with Crippen LogP contribution in [0.15, 0.2) is 42.5 Å². The van der Waals surface area contributed by atoms with E-state index in [-0.39, 0.29) is 34.8 Å². The Morgan fingerprint density at radius 1 is 0.933 bits per heavy atom. The minimum absolute atomic E-state index is 0.0857. The molecule has 1 aliphatic heterocycles. The maximum atomic E-state index is 12.9. The number of carbonyl (C=O) groups is 4. The van der Waals surface area contributed by atoms with Gasteiger partial charge < -0.3 is 10.5 Å². The summed E-state index contributed by atoms with van der Waals surface area (Å²) in [7, 11) is 0. The molecule has 30 heavy (non-hydrogen) atoms. The van der Waals surface area contributed by atoms with E-state index in [1.807, 2.05) is 0 Å². The van der Waals surface area contributed by atoms with E-state index in [1.165, 1.54) is 29.2 Å². The minimum Gasteiger partial charge on any atom is -0.454 e. The number of nitrogens with zero attached hydrogens (tertiary/aromatic N) is 1. The number of rotatable bonds is 5. The van der Waals surface area contributed by atoms with Crippen LogP contribution in [0.25, 0.3) is 0 Å². The zero-order valence-corrected chi connectivity index (χ0v) is 16.4. The van der Waals surface area contributed by atoms with Gasteiger partial charge in [0.15, 0.2) is 12.4 Å². The average Bonchev–Trinajstić information content (AvgIpc) is 3.02. The van der Waals surface area contributed by atoms with E-state index in [4.69, 9.17) is 10.5 Å². The Labute approximate surface area is 173 Å². The summed E-state index contributed by atoms with van der Waals surface area (Å²) < 4.78 is 5.11. The second-order valence-electron chi connectivity index (χ2n) is 7.66. The molecular weight excluding hydrogens is 384 g/mol. The van der Waals surface area contributed by atoms with Gasteiger partial charge in [-0.15, -0.1) is 0 Å². The third-order valence-corrected chi connectivity index (χ3v) is 5.64. The van der Waals surface area contributed by atoms with Crippen LogP contribution in [0.2, 0.25) is 0 Å². The number of hydrogen-bond donors (Lipinski definition) is 1. The van der Waals surface area contributed by atoms with Gasteiger partial charge in [-0.1, -0.05) is 31.4 Å². The van der Waals surface area contributed by atoms with E-state index in [2.05, 4.69) is 0 Å². The van der Waals surface area contributed by atoms with Crippen molar-refractivity contribution in [2.45, 2.75) is 38.1 Å². The van der Waals surface area contributed by atoms with Crippen molar-refractivity contribution in [3.63, 3.8) is 0 Å². The summed E-state index contributed by atoms with van der Waals surface area (Å²) in [4.78, 5) is 51.5. The largest absolute Gasteiger partial charge is 0.454 e. The Balaban J connectivity index is 1.46. The number of carbonyl (C=O) groups excluding carboxylic acids is 4. The van der Waals surface area contributed by atoms with Crippen molar-refractivity contribution in [3.05, 3.63) is 64.7 Å². The number of nitrogen functional groups attached to an aromatic ring is 1. The van der Waals surface area contributed by atoms with Gasteiger partial charge in [-0.3, -0.25) is 19.3 Å². The summed E-state index contributed by atoms with van der Waals surface area (Å²) in [6.45, 7) is -0.444. The van der Waals surface area contributed by atoms with E-state index < -0.39 is 12.6 Å². The Morgan fingerprint density at radius 2 is 1.67 bits per heavy atom. The lowest BCUT2D eigenvalue weighted by Crippen LogP contribution is -2.40. The van der Waals surface area contributed by atoms with Gasteiger partial charge in [0, 0.05) is 17.3 Å². The predicted octanol–water partition coefficient (Wildman–Crippen LogP) is 3.24. The van der Waals surface area contributed by atoms with Gasteiger partial charge in [-0.25, -0.2) is 4.79 Å². The molecule has 7 nitrogen and oxygen atoms in total. The molecule has 0 radical (unpaired) electrons. The normalized spacial score (nSPS) is 16.5. The van der Waals surface area contributed by atoms with Crippen molar-refractivity contribution in [2.24, 2.45) is 0 Å². The molecule has 0 atom stereocenters. The molecule has 1 saturated carbocycles. The predicted molar refractivity (Wildman–Crippen MR) is 109 cm³/mol. The van der Waals surface area contributed by atoms with Crippen molar-refractivity contribution in [2.75, 3.05) is 12.3 Å². The molecule has 4 rings (SSSR count). The van der Waals surface area contributed by atoms with Crippen molar-refractivity contribution >= 4 is 29.3 Å². The number of nitrogens with two attached hydrogens (primary N) is 1. The standard InChI is InChI=1S/C23H22N2O5/c24-16-6-4-5-14(11-16)20(26)13-30-23(29)15-9-10-18-19(12-15)22(28)25(21(18)27)17-7-2-1-3-8-17/h4-6,9-12,17H,1-3,7-8,13,24H2. The Morgan fingerprint density at radius 3 is 2.40 bits per heavy atom. The highest BCUT2D eigenvalue weighted by Crippen LogP contribution is 2.31. The van der Waals surface area contributed by atoms with Gasteiger partial charge in [0.1, 0.15) is 0 Å². The zero-order chi connectivity index (χ0) is 21.3. The molecule has 0 saturated heterocycles. The SMILES string of the molecule is Nc1cccc(C(=O)COC(=O)c2ccc3c(c2)C(=O)N(C2CCCCC2)C3=O)c1. The van der Waals surface area contributed by atoms with Crippen molar-refractivity contribution in [3.8, 4) is 0 Å². The smallest absolute Gasteiger partial charge is 0.338 e. The number of esters is 1. The molecule has 2 aliphatic rings. The first kappa shape index (κ1) is 19.8. The van der Waals surface area contributed by atoms with Gasteiger partial charge in [0.25, 0.3) is 11.8 Å². The molecule has 1 heterocycles. The first-order valence-corrected chi connectivity index (χ1v) is 10.0. The number of fused-ring (bicyclic) bond motifs is 1. The summed E-state index contributed by atoms with van der Waals surface area (Å²) in [6.07, 6.45) is 4.73. The number of hydrogen-bond acceptors (Lipinski definition) is 6. The zero-order valence-electron chi connectivity index (χ0n) is 16.4. The highest BCUT2D eigenvalue weighted by atomic mass is 16.5. The first-order chi connectivity index (χ1) is 14.5. The summed E-state index contributed by atoms with van der Waals surface area (Å²) in [5.41, 5.74) is 7.09. The van der Waals surface area contributed by atoms with Crippen LogP contribution in [0.4, 0.5) is 5.69 Å². The van der Waals surface area contributed by atoms with E-state index in [0.717, 1.165) is 32.1 Å². The number of Topliss-reactive ketones (excluding diaryl/α,β-unsaturated/α-hetero) is 1. The van der Waals surface area contributed by atoms with Crippen molar-refractivity contribution in [1.29, 1.82) is 0 Å². The molecule has 2 N–H and O–H groups in total. The van der Waals surface area contributed by atoms with Crippen molar-refractivity contribution in [1.82, 2.24) is 4.90 Å². The minimum atomic E-state index is -0.730. The van der Waals surface area contributed by atoms with E-state index >= 15 is 0 Å². The average molecular weight is 406 g/mol. The topological polar surface area (TPSA) is 107 Å². The molecule has 154 valence electrons. The summed E-state index contributed by atoms with van der Waals surface area (Å²) >= 11 is 0. The summed E-state index contributed by atoms with van der Waals surface area (Å²) in [6, 6.07) is 10.6. The number of ketones is 1. The molecule has 2 amide bonds. The fourth-order valence-corrected chi connectivity index (χ4v) is 4.07. The van der Waals surface area contributed by atoms with Crippen LogP contribution in [0, 0.1) is 0 Å². The third kappa shape index (κ3) is 3.70.